The van der Waals surface area contributed by atoms with E-state index in [9.17, 15) is 4.79 Å². The van der Waals surface area contributed by atoms with E-state index in [1.165, 1.54) is 0 Å². The third-order valence-electron chi connectivity index (χ3n) is 3.89. The maximum atomic E-state index is 12.2. The fourth-order valence-electron chi connectivity index (χ4n) is 2.61. The lowest BCUT2D eigenvalue weighted by Crippen LogP contribution is -2.53. The van der Waals surface area contributed by atoms with Crippen molar-refractivity contribution < 1.29 is 4.79 Å². The fraction of sp³-hybridized carbons (Fsp3) is 0.600. The monoisotopic (exact) mass is 348 g/mol. The minimum atomic E-state index is -0.325. The van der Waals surface area contributed by atoms with Crippen molar-refractivity contribution in [1.82, 2.24) is 15.6 Å². The number of halogens is 2. The third-order valence-corrected chi connectivity index (χ3v) is 3.89. The number of amides is 1. The summed E-state index contributed by atoms with van der Waals surface area (Å²) in [6.45, 7) is 4.52. The highest BCUT2D eigenvalue weighted by molar-refractivity contribution is 5.86. The molecule has 1 saturated heterocycles. The summed E-state index contributed by atoms with van der Waals surface area (Å²) >= 11 is 0. The zero-order valence-electron chi connectivity index (χ0n) is 12.9. The van der Waals surface area contributed by atoms with E-state index in [1.54, 1.807) is 6.20 Å². The van der Waals surface area contributed by atoms with Crippen LogP contribution in [0.4, 0.5) is 5.82 Å². The van der Waals surface area contributed by atoms with Gasteiger partial charge in [-0.15, -0.1) is 24.8 Å². The minimum Gasteiger partial charge on any atom is -0.370 e. The molecule has 0 spiro atoms. The second-order valence-electron chi connectivity index (χ2n) is 5.22. The van der Waals surface area contributed by atoms with Gasteiger partial charge in [-0.2, -0.15) is 0 Å². The van der Waals surface area contributed by atoms with Gasteiger partial charge in [0.2, 0.25) is 5.91 Å². The summed E-state index contributed by atoms with van der Waals surface area (Å²) in [6, 6.07) is 5.78. The quantitative estimate of drug-likeness (QED) is 0.662. The number of aromatic nitrogens is 1. The van der Waals surface area contributed by atoms with Crippen molar-refractivity contribution >= 4 is 36.5 Å². The first-order valence-corrected chi connectivity index (χ1v) is 7.45. The normalized spacial score (nSPS) is 19.7. The van der Waals surface area contributed by atoms with Crippen molar-refractivity contribution in [1.29, 1.82) is 0 Å². The first-order valence-electron chi connectivity index (χ1n) is 7.45. The van der Waals surface area contributed by atoms with E-state index in [-0.39, 0.29) is 36.3 Å². The summed E-state index contributed by atoms with van der Waals surface area (Å²) in [5, 5.41) is 9.62. The van der Waals surface area contributed by atoms with E-state index in [0.717, 1.165) is 44.6 Å². The third kappa shape index (κ3) is 5.63. The Morgan fingerprint density at radius 3 is 2.77 bits per heavy atom. The molecule has 0 radical (unpaired) electrons. The lowest BCUT2D eigenvalue weighted by Gasteiger charge is -2.26. The number of pyridine rings is 1. The van der Waals surface area contributed by atoms with Gasteiger partial charge in [-0.1, -0.05) is 13.0 Å². The minimum absolute atomic E-state index is 0. The number of nitrogens with one attached hydrogen (secondary N) is 3. The van der Waals surface area contributed by atoms with Crippen LogP contribution >= 0.6 is 24.8 Å². The lowest BCUT2D eigenvalue weighted by atomic mass is 9.93. The first-order chi connectivity index (χ1) is 9.77. The second kappa shape index (κ2) is 10.6. The molecule has 2 heterocycles. The van der Waals surface area contributed by atoms with Crippen LogP contribution < -0.4 is 16.0 Å². The molecule has 1 amide bonds. The molecular formula is C15H26Cl2N4O. The van der Waals surface area contributed by atoms with Gasteiger partial charge in [-0.25, -0.2) is 4.98 Å². The molecule has 126 valence electrons. The molecule has 0 saturated carbocycles. The fourth-order valence-corrected chi connectivity index (χ4v) is 2.61. The summed E-state index contributed by atoms with van der Waals surface area (Å²) in [4.78, 5) is 16.4. The molecule has 1 aromatic rings. The average Bonchev–Trinajstić information content (AvgIpc) is 2.98. The van der Waals surface area contributed by atoms with Crippen LogP contribution in [0.15, 0.2) is 24.4 Å². The maximum Gasteiger partial charge on any atom is 0.240 e. The van der Waals surface area contributed by atoms with Crippen LogP contribution in [0.5, 0.6) is 0 Å². The molecule has 0 bridgehead atoms. The number of rotatable bonds is 7. The van der Waals surface area contributed by atoms with Crippen LogP contribution in [0.25, 0.3) is 0 Å². The van der Waals surface area contributed by atoms with Crippen molar-refractivity contribution in [3.63, 3.8) is 0 Å². The van der Waals surface area contributed by atoms with E-state index in [1.807, 2.05) is 18.2 Å². The van der Waals surface area contributed by atoms with Crippen molar-refractivity contribution in [2.24, 2.45) is 0 Å². The van der Waals surface area contributed by atoms with Gasteiger partial charge in [0, 0.05) is 19.3 Å². The standard InChI is InChI=1S/C15H24N4O.2ClH/c1-2-15(8-5-12-19-15)14(20)18-11-6-10-17-13-7-3-4-9-16-13;;/h3-4,7,9,19H,2,5-6,8,10-12H2,1H3,(H,16,17)(H,18,20);2*1H. The molecule has 22 heavy (non-hydrogen) atoms. The smallest absolute Gasteiger partial charge is 0.240 e. The molecule has 2 rings (SSSR count). The van der Waals surface area contributed by atoms with Gasteiger partial charge in [0.05, 0.1) is 5.54 Å². The van der Waals surface area contributed by atoms with Crippen molar-refractivity contribution in [3.05, 3.63) is 24.4 Å². The van der Waals surface area contributed by atoms with Crippen molar-refractivity contribution in [2.75, 3.05) is 25.0 Å². The zero-order valence-corrected chi connectivity index (χ0v) is 14.6. The Bertz CT molecular complexity index is 425. The number of carbonyl (C=O) groups excluding carboxylic acids is 1. The molecule has 5 nitrogen and oxygen atoms in total. The van der Waals surface area contributed by atoms with Gasteiger partial charge in [0.1, 0.15) is 5.82 Å². The largest absolute Gasteiger partial charge is 0.370 e. The first kappa shape index (κ1) is 21.0. The highest BCUT2D eigenvalue weighted by Gasteiger charge is 2.38. The zero-order chi connectivity index (χ0) is 14.3. The predicted molar refractivity (Wildman–Crippen MR) is 95.1 cm³/mol. The summed E-state index contributed by atoms with van der Waals surface area (Å²) < 4.78 is 0. The van der Waals surface area contributed by atoms with Gasteiger partial charge >= 0.3 is 0 Å². The number of carbonyl (C=O) groups is 1. The SMILES string of the molecule is CCC1(C(=O)NCCCNc2ccccn2)CCCN1.Cl.Cl. The van der Waals surface area contributed by atoms with E-state index < -0.39 is 0 Å². The van der Waals surface area contributed by atoms with E-state index >= 15 is 0 Å². The highest BCUT2D eigenvalue weighted by Crippen LogP contribution is 2.22. The second-order valence-corrected chi connectivity index (χ2v) is 5.22. The summed E-state index contributed by atoms with van der Waals surface area (Å²) in [7, 11) is 0. The van der Waals surface area contributed by atoms with E-state index in [4.69, 9.17) is 0 Å². The number of anilines is 1. The molecular weight excluding hydrogens is 323 g/mol. The van der Waals surface area contributed by atoms with Gasteiger partial charge in [-0.3, -0.25) is 4.79 Å². The molecule has 1 fully saturated rings. The number of hydrogen-bond donors (Lipinski definition) is 3. The molecule has 1 unspecified atom stereocenters. The van der Waals surface area contributed by atoms with Crippen molar-refractivity contribution in [3.8, 4) is 0 Å². The average molecular weight is 349 g/mol. The Balaban J connectivity index is 0.00000220. The van der Waals surface area contributed by atoms with Crippen LogP contribution in [0.1, 0.15) is 32.6 Å². The maximum absolute atomic E-state index is 12.2. The van der Waals surface area contributed by atoms with Gasteiger partial charge in [0.15, 0.2) is 0 Å². The van der Waals surface area contributed by atoms with Crippen LogP contribution in [-0.2, 0) is 4.79 Å². The summed E-state index contributed by atoms with van der Waals surface area (Å²) in [5.41, 5.74) is -0.325. The lowest BCUT2D eigenvalue weighted by molar-refractivity contribution is -0.127. The Morgan fingerprint density at radius 2 is 2.18 bits per heavy atom. The Morgan fingerprint density at radius 1 is 1.36 bits per heavy atom. The number of hydrogen-bond acceptors (Lipinski definition) is 4. The molecule has 0 aromatic carbocycles. The summed E-state index contributed by atoms with van der Waals surface area (Å²) in [6.07, 6.45) is 5.54. The van der Waals surface area contributed by atoms with Crippen LogP contribution in [-0.4, -0.2) is 36.1 Å². The molecule has 1 aliphatic heterocycles. The molecule has 1 atom stereocenters. The Labute approximate surface area is 144 Å². The molecule has 1 aromatic heterocycles. The van der Waals surface area contributed by atoms with E-state index in [0.29, 0.717) is 6.54 Å². The molecule has 1 aliphatic rings. The predicted octanol–water partition coefficient (Wildman–Crippen LogP) is 2.38. The van der Waals surface area contributed by atoms with Gasteiger partial charge < -0.3 is 16.0 Å². The van der Waals surface area contributed by atoms with Gasteiger partial charge in [0.25, 0.3) is 0 Å². The molecule has 0 aliphatic carbocycles. The van der Waals surface area contributed by atoms with Crippen LogP contribution in [0.2, 0.25) is 0 Å². The van der Waals surface area contributed by atoms with E-state index in [2.05, 4.69) is 27.9 Å². The summed E-state index contributed by atoms with van der Waals surface area (Å²) in [5.74, 6) is 1.02. The van der Waals surface area contributed by atoms with Crippen LogP contribution in [0, 0.1) is 0 Å². The van der Waals surface area contributed by atoms with Gasteiger partial charge in [-0.05, 0) is 44.4 Å². The molecule has 7 heteroatoms. The Kier molecular flexibility index (Phi) is 10.1. The van der Waals surface area contributed by atoms with Crippen molar-refractivity contribution in [2.45, 2.75) is 38.1 Å². The highest BCUT2D eigenvalue weighted by atomic mass is 35.5. The van der Waals surface area contributed by atoms with Crippen LogP contribution in [0.3, 0.4) is 0 Å². The molecule has 3 N–H and O–H groups in total. The topological polar surface area (TPSA) is 66.0 Å². The Hall–Kier alpha value is -1.04. The number of nitrogens with zero attached hydrogens (tertiary/aromatic N) is 1.